The number of esters is 1. The number of methoxy groups -OCH3 is 1. The van der Waals surface area contributed by atoms with E-state index in [1.54, 1.807) is 0 Å². The van der Waals surface area contributed by atoms with Crippen LogP contribution in [0, 0.1) is 0 Å². The van der Waals surface area contributed by atoms with E-state index in [4.69, 9.17) is 23.1 Å². The van der Waals surface area contributed by atoms with Gasteiger partial charge in [-0.25, -0.2) is 0 Å². The lowest BCUT2D eigenvalue weighted by Gasteiger charge is -2.23. The molecule has 0 saturated heterocycles. The summed E-state index contributed by atoms with van der Waals surface area (Å²) in [5, 5.41) is 0. The van der Waals surface area contributed by atoms with Crippen LogP contribution in [0.1, 0.15) is 12.8 Å². The molecule has 0 spiro atoms. The normalized spacial score (nSPS) is 15.3. The molecule has 0 aromatic carbocycles. The minimum atomic E-state index is -1.07. The largest absolute Gasteiger partial charge is 0.468 e. The molecule has 0 aromatic rings. The van der Waals surface area contributed by atoms with Gasteiger partial charge in [0.1, 0.15) is 5.54 Å². The van der Waals surface area contributed by atoms with Crippen molar-refractivity contribution >= 4 is 17.6 Å². The van der Waals surface area contributed by atoms with Crippen molar-refractivity contribution in [2.75, 3.05) is 19.5 Å². The van der Waals surface area contributed by atoms with Crippen molar-refractivity contribution < 1.29 is 9.53 Å². The van der Waals surface area contributed by atoms with E-state index in [0.717, 1.165) is 0 Å². The molecule has 5 heteroatoms. The van der Waals surface area contributed by atoms with Gasteiger partial charge in [-0.2, -0.15) is 0 Å². The summed E-state index contributed by atoms with van der Waals surface area (Å²) in [6, 6.07) is 0. The zero-order valence-electron chi connectivity index (χ0n) is 7.18. The quantitative estimate of drug-likeness (QED) is 0.471. The molecule has 12 heavy (non-hydrogen) atoms. The lowest BCUT2D eigenvalue weighted by atomic mass is 9.97. The van der Waals surface area contributed by atoms with Crippen molar-refractivity contribution in [3.05, 3.63) is 0 Å². The monoisotopic (exact) mass is 194 g/mol. The van der Waals surface area contributed by atoms with E-state index in [0.29, 0.717) is 19.4 Å². The second-order valence-corrected chi connectivity index (χ2v) is 2.94. The molecule has 0 saturated carbocycles. The number of ether oxygens (including phenoxy) is 1. The average molecular weight is 195 g/mol. The van der Waals surface area contributed by atoms with Crippen LogP contribution in [-0.2, 0) is 9.53 Å². The lowest BCUT2D eigenvalue weighted by molar-refractivity contribution is -0.146. The zero-order chi connectivity index (χ0) is 9.61. The zero-order valence-corrected chi connectivity index (χ0v) is 7.93. The minimum Gasteiger partial charge on any atom is -0.468 e. The van der Waals surface area contributed by atoms with Crippen molar-refractivity contribution in [1.29, 1.82) is 0 Å². The van der Waals surface area contributed by atoms with E-state index in [2.05, 4.69) is 4.74 Å². The molecule has 0 rings (SSSR count). The van der Waals surface area contributed by atoms with Gasteiger partial charge in [0.05, 0.1) is 13.0 Å². The topological polar surface area (TPSA) is 78.3 Å². The van der Waals surface area contributed by atoms with E-state index >= 15 is 0 Å². The summed E-state index contributed by atoms with van der Waals surface area (Å²) in [6.45, 7) is 0.493. The smallest absolute Gasteiger partial charge is 0.327 e. The molecule has 0 heterocycles. The van der Waals surface area contributed by atoms with E-state index in [-0.39, 0.29) is 5.88 Å². The van der Waals surface area contributed by atoms with Crippen molar-refractivity contribution in [3.63, 3.8) is 0 Å². The van der Waals surface area contributed by atoms with E-state index in [9.17, 15) is 4.79 Å². The van der Waals surface area contributed by atoms with Crippen LogP contribution in [-0.4, -0.2) is 31.0 Å². The number of rotatable bonds is 5. The Kier molecular flexibility index (Phi) is 5.20. The minimum absolute atomic E-state index is 0.0552. The highest BCUT2D eigenvalue weighted by atomic mass is 35.5. The molecule has 0 aliphatic carbocycles. The molecular weight excluding hydrogens is 180 g/mol. The van der Waals surface area contributed by atoms with Gasteiger partial charge < -0.3 is 16.2 Å². The van der Waals surface area contributed by atoms with Gasteiger partial charge in [0, 0.05) is 0 Å². The molecular formula is C7H15ClN2O2. The van der Waals surface area contributed by atoms with Gasteiger partial charge in [-0.05, 0) is 19.4 Å². The fraction of sp³-hybridized carbons (Fsp3) is 0.857. The molecule has 0 bridgehead atoms. The fourth-order valence-corrected chi connectivity index (χ4v) is 1.09. The number of alkyl halides is 1. The molecule has 0 amide bonds. The molecule has 0 aliphatic rings. The summed E-state index contributed by atoms with van der Waals surface area (Å²) in [5.41, 5.74) is 9.88. The van der Waals surface area contributed by atoms with Gasteiger partial charge in [-0.15, -0.1) is 11.6 Å². The van der Waals surface area contributed by atoms with Crippen LogP contribution in [0.25, 0.3) is 0 Å². The maximum absolute atomic E-state index is 11.1. The number of hydrogen-bond donors (Lipinski definition) is 2. The summed E-state index contributed by atoms with van der Waals surface area (Å²) in [6.07, 6.45) is 1.12. The number of carbonyl (C=O) groups is 1. The third kappa shape index (κ3) is 2.97. The molecule has 4 N–H and O–H groups in total. The van der Waals surface area contributed by atoms with E-state index < -0.39 is 11.5 Å². The number of carbonyl (C=O) groups excluding carboxylic acids is 1. The first-order valence-corrected chi connectivity index (χ1v) is 4.27. The Morgan fingerprint density at radius 3 is 2.58 bits per heavy atom. The maximum atomic E-state index is 11.1. The van der Waals surface area contributed by atoms with Crippen LogP contribution in [0.5, 0.6) is 0 Å². The summed E-state index contributed by atoms with van der Waals surface area (Å²) in [4.78, 5) is 11.1. The fourth-order valence-electron chi connectivity index (χ4n) is 0.844. The van der Waals surface area contributed by atoms with Gasteiger partial charge in [0.25, 0.3) is 0 Å². The lowest BCUT2D eigenvalue weighted by Crippen LogP contribution is -2.50. The Bertz CT molecular complexity index is 154. The third-order valence-electron chi connectivity index (χ3n) is 1.66. The van der Waals surface area contributed by atoms with Gasteiger partial charge >= 0.3 is 5.97 Å². The Hall–Kier alpha value is -0.320. The van der Waals surface area contributed by atoms with Crippen LogP contribution < -0.4 is 11.5 Å². The summed E-state index contributed by atoms with van der Waals surface area (Å²) in [5.74, 6) is -0.425. The van der Waals surface area contributed by atoms with Gasteiger partial charge in [0.15, 0.2) is 0 Å². The van der Waals surface area contributed by atoms with Crippen LogP contribution in [0.2, 0.25) is 0 Å². The molecule has 1 atom stereocenters. The maximum Gasteiger partial charge on any atom is 0.327 e. The van der Waals surface area contributed by atoms with Crippen molar-refractivity contribution in [3.8, 4) is 0 Å². The number of hydrogen-bond acceptors (Lipinski definition) is 4. The molecule has 0 fully saturated rings. The molecule has 0 unspecified atom stereocenters. The van der Waals surface area contributed by atoms with E-state index in [1.165, 1.54) is 7.11 Å². The standard InChI is InChI=1S/C7H15ClN2O2/c1-12-6(11)7(10,5-8)3-2-4-9/h2-5,9-10H2,1H3/t7-/m1/s1. The molecule has 4 nitrogen and oxygen atoms in total. The van der Waals surface area contributed by atoms with Gasteiger partial charge in [0.2, 0.25) is 0 Å². The van der Waals surface area contributed by atoms with Crippen molar-refractivity contribution in [1.82, 2.24) is 0 Å². The SMILES string of the molecule is COC(=O)[C@](N)(CCl)CCCN. The first-order valence-electron chi connectivity index (χ1n) is 3.74. The highest BCUT2D eigenvalue weighted by Crippen LogP contribution is 2.13. The predicted molar refractivity (Wildman–Crippen MR) is 47.9 cm³/mol. The van der Waals surface area contributed by atoms with Crippen LogP contribution >= 0.6 is 11.6 Å². The first kappa shape index (κ1) is 11.7. The Labute approximate surface area is 77.2 Å². The first-order chi connectivity index (χ1) is 5.60. The van der Waals surface area contributed by atoms with Crippen molar-refractivity contribution in [2.45, 2.75) is 18.4 Å². The van der Waals surface area contributed by atoms with Crippen LogP contribution in [0.3, 0.4) is 0 Å². The molecule has 0 aromatic heterocycles. The number of nitrogens with two attached hydrogens (primary N) is 2. The average Bonchev–Trinajstić information content (AvgIpc) is 2.12. The van der Waals surface area contributed by atoms with Gasteiger partial charge in [-0.3, -0.25) is 4.79 Å². The van der Waals surface area contributed by atoms with Crippen molar-refractivity contribution in [2.24, 2.45) is 11.5 Å². The highest BCUT2D eigenvalue weighted by molar-refractivity contribution is 6.20. The second kappa shape index (κ2) is 5.35. The second-order valence-electron chi connectivity index (χ2n) is 2.67. The predicted octanol–water partition coefficient (Wildman–Crippen LogP) is -0.165. The molecule has 0 aliphatic heterocycles. The van der Waals surface area contributed by atoms with Gasteiger partial charge in [-0.1, -0.05) is 0 Å². The summed E-state index contributed by atoms with van der Waals surface area (Å²) >= 11 is 5.55. The number of halogens is 1. The molecule has 72 valence electrons. The Morgan fingerprint density at radius 1 is 1.67 bits per heavy atom. The Balaban J connectivity index is 4.13. The van der Waals surface area contributed by atoms with E-state index in [1.807, 2.05) is 0 Å². The molecule has 0 radical (unpaired) electrons. The van der Waals surface area contributed by atoms with Crippen LogP contribution in [0.4, 0.5) is 0 Å². The third-order valence-corrected chi connectivity index (χ3v) is 2.13. The van der Waals surface area contributed by atoms with Crippen LogP contribution in [0.15, 0.2) is 0 Å². The Morgan fingerprint density at radius 2 is 2.25 bits per heavy atom. The highest BCUT2D eigenvalue weighted by Gasteiger charge is 2.33. The summed E-state index contributed by atoms with van der Waals surface area (Å²) < 4.78 is 4.51. The summed E-state index contributed by atoms with van der Waals surface area (Å²) in [7, 11) is 1.29.